The first kappa shape index (κ1) is 20.9. The van der Waals surface area contributed by atoms with Gasteiger partial charge in [-0.1, -0.05) is 42.0 Å². The van der Waals surface area contributed by atoms with Crippen molar-refractivity contribution in [1.82, 2.24) is 4.90 Å². The van der Waals surface area contributed by atoms with E-state index in [9.17, 15) is 14.0 Å². The molecule has 0 aliphatic carbocycles. The van der Waals surface area contributed by atoms with Crippen molar-refractivity contribution in [3.63, 3.8) is 0 Å². The van der Waals surface area contributed by atoms with E-state index in [1.54, 1.807) is 35.2 Å². The minimum atomic E-state index is -0.569. The lowest BCUT2D eigenvalue weighted by Crippen LogP contribution is -2.32. The Morgan fingerprint density at radius 1 is 1.09 bits per heavy atom. The zero-order valence-corrected chi connectivity index (χ0v) is 18.2. The summed E-state index contributed by atoms with van der Waals surface area (Å²) >= 11 is 0. The number of carbonyl (C=O) groups excluding carboxylic acids is 2. The average molecular weight is 442 g/mol. The van der Waals surface area contributed by atoms with Gasteiger partial charge in [-0.25, -0.2) is 9.18 Å². The molecular weight excluding hydrogens is 419 g/mol. The molecule has 2 aliphatic rings. The van der Waals surface area contributed by atoms with Gasteiger partial charge < -0.3 is 15.0 Å². The first-order valence-electron chi connectivity index (χ1n) is 10.9. The van der Waals surface area contributed by atoms with Crippen LogP contribution in [0.5, 0.6) is 0 Å². The normalized spacial score (nSPS) is 18.4. The third-order valence-corrected chi connectivity index (χ3v) is 6.03. The SMILES string of the molecule is Cc1ccc(N[C@@H]2CCN(C(=O)c3cc(/C=C4\OC(=O)c5ccccc54)ccc3F)C2)cc1. The van der Waals surface area contributed by atoms with Crippen LogP contribution >= 0.6 is 0 Å². The molecule has 0 saturated carbocycles. The Morgan fingerprint density at radius 2 is 1.85 bits per heavy atom. The minimum Gasteiger partial charge on any atom is -0.422 e. The number of carbonyl (C=O) groups is 2. The van der Waals surface area contributed by atoms with Gasteiger partial charge in [0.05, 0.1) is 11.1 Å². The molecule has 6 heteroatoms. The molecule has 3 aromatic rings. The lowest BCUT2D eigenvalue weighted by molar-refractivity contribution is 0.0716. The van der Waals surface area contributed by atoms with Crippen molar-refractivity contribution in [2.24, 2.45) is 0 Å². The number of esters is 1. The van der Waals surface area contributed by atoms with Crippen LogP contribution in [0.3, 0.4) is 0 Å². The molecule has 1 fully saturated rings. The number of likely N-dealkylation sites (tertiary alicyclic amines) is 1. The van der Waals surface area contributed by atoms with Crippen LogP contribution in [0, 0.1) is 12.7 Å². The van der Waals surface area contributed by atoms with Crippen molar-refractivity contribution in [2.75, 3.05) is 18.4 Å². The second kappa shape index (κ2) is 8.54. The number of nitrogens with zero attached hydrogens (tertiary/aromatic N) is 1. The van der Waals surface area contributed by atoms with Crippen LogP contribution in [0.4, 0.5) is 10.1 Å². The highest BCUT2D eigenvalue weighted by molar-refractivity contribution is 6.05. The molecule has 33 heavy (non-hydrogen) atoms. The Bertz CT molecular complexity index is 1270. The quantitative estimate of drug-likeness (QED) is 0.569. The van der Waals surface area contributed by atoms with Crippen LogP contribution in [0.15, 0.2) is 66.7 Å². The van der Waals surface area contributed by atoms with Gasteiger partial charge in [-0.2, -0.15) is 0 Å². The Balaban J connectivity index is 1.33. The van der Waals surface area contributed by atoms with E-state index in [1.807, 2.05) is 37.3 Å². The number of ether oxygens (including phenoxy) is 1. The number of hydrogen-bond acceptors (Lipinski definition) is 4. The van der Waals surface area contributed by atoms with E-state index >= 15 is 0 Å². The summed E-state index contributed by atoms with van der Waals surface area (Å²) in [5.41, 5.74) is 3.97. The summed E-state index contributed by atoms with van der Waals surface area (Å²) < 4.78 is 20.0. The smallest absolute Gasteiger partial charge is 0.344 e. The fourth-order valence-corrected chi connectivity index (χ4v) is 4.26. The van der Waals surface area contributed by atoms with Gasteiger partial charge in [-0.3, -0.25) is 4.79 Å². The van der Waals surface area contributed by atoms with Crippen LogP contribution in [0.1, 0.15) is 43.8 Å². The molecule has 5 rings (SSSR count). The third-order valence-electron chi connectivity index (χ3n) is 6.03. The molecule has 1 atom stereocenters. The molecule has 1 saturated heterocycles. The minimum absolute atomic E-state index is 0.0120. The zero-order chi connectivity index (χ0) is 22.9. The molecule has 0 spiro atoms. The highest BCUT2D eigenvalue weighted by Gasteiger charge is 2.29. The Labute approximate surface area is 191 Å². The van der Waals surface area contributed by atoms with Gasteiger partial charge in [-0.15, -0.1) is 0 Å². The molecule has 1 amide bonds. The fraction of sp³-hybridized carbons (Fsp3) is 0.185. The molecule has 0 radical (unpaired) electrons. The number of nitrogens with one attached hydrogen (secondary N) is 1. The molecule has 0 unspecified atom stereocenters. The highest BCUT2D eigenvalue weighted by atomic mass is 19.1. The van der Waals surface area contributed by atoms with Crippen molar-refractivity contribution in [1.29, 1.82) is 0 Å². The van der Waals surface area contributed by atoms with Crippen molar-refractivity contribution in [3.8, 4) is 0 Å². The van der Waals surface area contributed by atoms with E-state index in [-0.39, 0.29) is 17.5 Å². The Hall–Kier alpha value is -3.93. The summed E-state index contributed by atoms with van der Waals surface area (Å²) in [5, 5.41) is 3.45. The summed E-state index contributed by atoms with van der Waals surface area (Å²) in [6, 6.07) is 19.7. The summed E-state index contributed by atoms with van der Waals surface area (Å²) in [6.07, 6.45) is 2.45. The number of halogens is 1. The number of anilines is 1. The van der Waals surface area contributed by atoms with E-state index in [4.69, 9.17) is 4.74 Å². The van der Waals surface area contributed by atoms with Crippen molar-refractivity contribution >= 4 is 29.4 Å². The first-order valence-corrected chi connectivity index (χ1v) is 10.9. The van der Waals surface area contributed by atoms with Gasteiger partial charge in [0.1, 0.15) is 11.6 Å². The Kier molecular flexibility index (Phi) is 5.42. The largest absolute Gasteiger partial charge is 0.422 e. The standard InChI is InChI=1S/C27H23FN2O3/c1-17-6-9-19(10-7-17)29-20-12-13-30(16-20)26(31)23-14-18(8-11-24(23)28)15-25-21-4-2-3-5-22(21)27(32)33-25/h2-11,14-15,20,29H,12-13,16H2,1H3/b25-15-/t20-/m1/s1. The van der Waals surface area contributed by atoms with E-state index in [2.05, 4.69) is 5.32 Å². The van der Waals surface area contributed by atoms with Gasteiger partial charge in [-0.05, 0) is 55.3 Å². The molecule has 0 bridgehead atoms. The maximum Gasteiger partial charge on any atom is 0.344 e. The summed E-state index contributed by atoms with van der Waals surface area (Å²) in [4.78, 5) is 26.8. The topological polar surface area (TPSA) is 58.6 Å². The van der Waals surface area contributed by atoms with Gasteiger partial charge in [0, 0.05) is 30.4 Å². The van der Waals surface area contributed by atoms with Crippen LogP contribution in [-0.4, -0.2) is 35.9 Å². The lowest BCUT2D eigenvalue weighted by Gasteiger charge is -2.18. The van der Waals surface area contributed by atoms with Gasteiger partial charge in [0.15, 0.2) is 0 Å². The predicted octanol–water partition coefficient (Wildman–Crippen LogP) is 5.13. The lowest BCUT2D eigenvalue weighted by atomic mass is 10.0. The second-order valence-corrected chi connectivity index (χ2v) is 8.43. The van der Waals surface area contributed by atoms with Crippen LogP contribution in [0.25, 0.3) is 11.8 Å². The average Bonchev–Trinajstić information content (AvgIpc) is 3.41. The Morgan fingerprint density at radius 3 is 2.64 bits per heavy atom. The molecule has 3 aromatic carbocycles. The zero-order valence-electron chi connectivity index (χ0n) is 18.2. The van der Waals surface area contributed by atoms with E-state index in [0.29, 0.717) is 35.5 Å². The van der Waals surface area contributed by atoms with Gasteiger partial charge >= 0.3 is 5.97 Å². The molecular formula is C27H23FN2O3. The van der Waals surface area contributed by atoms with Crippen molar-refractivity contribution in [2.45, 2.75) is 19.4 Å². The molecule has 5 nitrogen and oxygen atoms in total. The maximum atomic E-state index is 14.6. The van der Waals surface area contributed by atoms with Crippen LogP contribution < -0.4 is 5.32 Å². The maximum absolute atomic E-state index is 14.6. The molecule has 166 valence electrons. The molecule has 0 aromatic heterocycles. The van der Waals surface area contributed by atoms with E-state index in [0.717, 1.165) is 12.1 Å². The molecule has 2 heterocycles. The highest BCUT2D eigenvalue weighted by Crippen LogP contribution is 2.31. The van der Waals surface area contributed by atoms with Crippen LogP contribution in [0.2, 0.25) is 0 Å². The molecule has 2 aliphatic heterocycles. The second-order valence-electron chi connectivity index (χ2n) is 8.43. The monoisotopic (exact) mass is 442 g/mol. The summed E-state index contributed by atoms with van der Waals surface area (Å²) in [5.74, 6) is -0.936. The van der Waals surface area contributed by atoms with Crippen molar-refractivity contribution in [3.05, 3.63) is 100 Å². The third kappa shape index (κ3) is 4.24. The number of rotatable bonds is 4. The number of amides is 1. The predicted molar refractivity (Wildman–Crippen MR) is 125 cm³/mol. The summed E-state index contributed by atoms with van der Waals surface area (Å²) in [7, 11) is 0. The number of fused-ring (bicyclic) bond motifs is 1. The molecule has 1 N–H and O–H groups in total. The number of aryl methyl sites for hydroxylation is 1. The number of benzene rings is 3. The number of hydrogen-bond donors (Lipinski definition) is 1. The number of cyclic esters (lactones) is 1. The fourth-order valence-electron chi connectivity index (χ4n) is 4.26. The van der Waals surface area contributed by atoms with Gasteiger partial charge in [0.2, 0.25) is 0 Å². The summed E-state index contributed by atoms with van der Waals surface area (Å²) in [6.45, 7) is 3.09. The van der Waals surface area contributed by atoms with Crippen molar-refractivity contribution < 1.29 is 18.7 Å². The first-order chi connectivity index (χ1) is 16.0. The van der Waals surface area contributed by atoms with E-state index < -0.39 is 11.8 Å². The van der Waals surface area contributed by atoms with Gasteiger partial charge in [0.25, 0.3) is 5.91 Å². The van der Waals surface area contributed by atoms with E-state index in [1.165, 1.54) is 17.7 Å². The van der Waals surface area contributed by atoms with Crippen LogP contribution in [-0.2, 0) is 4.74 Å².